The molecule has 0 N–H and O–H groups in total. The largest absolute Gasteiger partial charge is 0.497 e. The summed E-state index contributed by atoms with van der Waals surface area (Å²) in [6.45, 7) is 14.1. The zero-order chi connectivity index (χ0) is 23.8. The molecule has 0 bridgehead atoms. The molecule has 1 saturated heterocycles. The number of carbonyl (C=O) groups excluding carboxylic acids is 1. The first-order valence-electron chi connectivity index (χ1n) is 11.5. The minimum atomic E-state index is 0.0363. The summed E-state index contributed by atoms with van der Waals surface area (Å²) in [5.74, 6) is 1.65. The molecule has 0 saturated carbocycles. The van der Waals surface area contributed by atoms with Crippen LogP contribution in [0.25, 0.3) is 5.70 Å². The molecular formula is C27H35N3O3. The van der Waals surface area contributed by atoms with Crippen molar-refractivity contribution >= 4 is 17.3 Å². The fourth-order valence-corrected chi connectivity index (χ4v) is 3.84. The second-order valence-corrected chi connectivity index (χ2v) is 8.42. The van der Waals surface area contributed by atoms with Gasteiger partial charge in [0.25, 0.3) is 5.91 Å². The van der Waals surface area contributed by atoms with E-state index in [0.717, 1.165) is 60.1 Å². The molecule has 1 amide bonds. The molecule has 0 unspecified atom stereocenters. The van der Waals surface area contributed by atoms with E-state index in [0.29, 0.717) is 13.1 Å². The molecule has 1 aliphatic heterocycles. The van der Waals surface area contributed by atoms with Crippen LogP contribution in [0.3, 0.4) is 0 Å². The number of hydrogen-bond donors (Lipinski definition) is 0. The maximum atomic E-state index is 12.7. The molecule has 6 heteroatoms. The van der Waals surface area contributed by atoms with Gasteiger partial charge in [-0.05, 0) is 67.3 Å². The molecule has 0 radical (unpaired) electrons. The first-order chi connectivity index (χ1) is 15.9. The Morgan fingerprint density at radius 1 is 1.09 bits per heavy atom. The summed E-state index contributed by atoms with van der Waals surface area (Å²) in [6, 6.07) is 13.9. The molecule has 1 fully saturated rings. The number of hydrogen-bond acceptors (Lipinski definition) is 5. The van der Waals surface area contributed by atoms with E-state index in [4.69, 9.17) is 9.47 Å². The monoisotopic (exact) mass is 449 g/mol. The van der Waals surface area contributed by atoms with Crippen LogP contribution in [0, 0.1) is 6.92 Å². The molecule has 1 aliphatic rings. The normalized spacial score (nSPS) is 14.8. The van der Waals surface area contributed by atoms with Crippen LogP contribution in [-0.2, 0) is 11.2 Å². The third kappa shape index (κ3) is 6.93. The Morgan fingerprint density at radius 2 is 1.79 bits per heavy atom. The molecule has 0 aliphatic carbocycles. The van der Waals surface area contributed by atoms with Gasteiger partial charge in [-0.15, -0.1) is 0 Å². The molecule has 2 aromatic rings. The molecule has 0 atom stereocenters. The number of rotatable bonds is 9. The van der Waals surface area contributed by atoms with E-state index in [1.807, 2.05) is 55.1 Å². The summed E-state index contributed by atoms with van der Waals surface area (Å²) < 4.78 is 11.0. The number of ether oxygens (including phenoxy) is 2. The van der Waals surface area contributed by atoms with Crippen molar-refractivity contribution in [2.45, 2.75) is 27.2 Å². The average molecular weight is 450 g/mol. The van der Waals surface area contributed by atoms with Crippen LogP contribution in [0.1, 0.15) is 30.5 Å². The highest BCUT2D eigenvalue weighted by Gasteiger charge is 2.22. The molecule has 1 heterocycles. The van der Waals surface area contributed by atoms with Gasteiger partial charge in [0, 0.05) is 38.4 Å². The second-order valence-electron chi connectivity index (χ2n) is 8.42. The average Bonchev–Trinajstić information content (AvgIpc) is 2.83. The van der Waals surface area contributed by atoms with Crippen LogP contribution >= 0.6 is 0 Å². The molecule has 2 aromatic carbocycles. The predicted octanol–water partition coefficient (Wildman–Crippen LogP) is 4.22. The van der Waals surface area contributed by atoms with Gasteiger partial charge in [-0.2, -0.15) is 0 Å². The predicted molar refractivity (Wildman–Crippen MR) is 134 cm³/mol. The van der Waals surface area contributed by atoms with Crippen LogP contribution < -0.4 is 9.47 Å². The first kappa shape index (κ1) is 24.5. The summed E-state index contributed by atoms with van der Waals surface area (Å²) >= 11 is 0. The number of carbonyl (C=O) groups is 1. The zero-order valence-electron chi connectivity index (χ0n) is 20.3. The van der Waals surface area contributed by atoms with Gasteiger partial charge in [-0.1, -0.05) is 25.6 Å². The van der Waals surface area contributed by atoms with E-state index in [1.54, 1.807) is 7.11 Å². The van der Waals surface area contributed by atoms with Gasteiger partial charge in [0.05, 0.1) is 12.8 Å². The standard InChI is InChI=1S/C27H35N3O3/c1-6-23-8-7-20(2)26(17-23)33-19-27(31)30-15-13-29(14-16-30)18-21(3)28-22(4)24-9-11-25(32-5)12-10-24/h7-12,17H,4,6,13-16,18-19H2,1-3,5H3. The lowest BCUT2D eigenvalue weighted by Gasteiger charge is -2.34. The Hall–Kier alpha value is -3.12. The maximum Gasteiger partial charge on any atom is 0.260 e. The summed E-state index contributed by atoms with van der Waals surface area (Å²) in [6.07, 6.45) is 0.947. The number of amides is 1. The van der Waals surface area contributed by atoms with Gasteiger partial charge in [0.1, 0.15) is 11.5 Å². The van der Waals surface area contributed by atoms with Crippen molar-refractivity contribution < 1.29 is 14.3 Å². The molecule has 6 nitrogen and oxygen atoms in total. The third-order valence-electron chi connectivity index (χ3n) is 5.94. The lowest BCUT2D eigenvalue weighted by molar-refractivity contribution is -0.135. The van der Waals surface area contributed by atoms with E-state index in [-0.39, 0.29) is 12.5 Å². The fourth-order valence-electron chi connectivity index (χ4n) is 3.84. The van der Waals surface area contributed by atoms with Crippen molar-refractivity contribution in [3.05, 3.63) is 65.7 Å². The van der Waals surface area contributed by atoms with Crippen LogP contribution in [-0.4, -0.2) is 67.9 Å². The Bertz CT molecular complexity index is 990. The minimum absolute atomic E-state index is 0.0363. The Balaban J connectivity index is 1.45. The van der Waals surface area contributed by atoms with Gasteiger partial charge < -0.3 is 14.4 Å². The Morgan fingerprint density at radius 3 is 2.42 bits per heavy atom. The minimum Gasteiger partial charge on any atom is -0.497 e. The smallest absolute Gasteiger partial charge is 0.260 e. The summed E-state index contributed by atoms with van der Waals surface area (Å²) in [5, 5.41) is 0. The van der Waals surface area contributed by atoms with Crippen LogP contribution in [0.4, 0.5) is 0 Å². The highest BCUT2D eigenvalue weighted by molar-refractivity contribution is 5.89. The number of nitrogens with zero attached hydrogens (tertiary/aromatic N) is 3. The number of aliphatic imine (C=N–C) groups is 1. The van der Waals surface area contributed by atoms with Crippen molar-refractivity contribution in [2.75, 3.05) is 46.4 Å². The quantitative estimate of drug-likeness (QED) is 0.538. The summed E-state index contributed by atoms with van der Waals surface area (Å²) in [5.41, 5.74) is 4.98. The Labute approximate surface area is 197 Å². The Kier molecular flexibility index (Phi) is 8.66. The van der Waals surface area contributed by atoms with Crippen molar-refractivity contribution in [1.82, 2.24) is 9.80 Å². The lowest BCUT2D eigenvalue weighted by atomic mass is 10.1. The lowest BCUT2D eigenvalue weighted by Crippen LogP contribution is -2.50. The number of aryl methyl sites for hydroxylation is 2. The molecule has 176 valence electrons. The molecule has 33 heavy (non-hydrogen) atoms. The van der Waals surface area contributed by atoms with Crippen molar-refractivity contribution in [3.8, 4) is 11.5 Å². The van der Waals surface area contributed by atoms with E-state index in [1.165, 1.54) is 5.56 Å². The second kappa shape index (κ2) is 11.7. The van der Waals surface area contributed by atoms with E-state index < -0.39 is 0 Å². The van der Waals surface area contributed by atoms with Gasteiger partial charge in [0.15, 0.2) is 6.61 Å². The van der Waals surface area contributed by atoms with Crippen LogP contribution in [0.5, 0.6) is 11.5 Å². The molecule has 0 spiro atoms. The van der Waals surface area contributed by atoms with Gasteiger partial charge in [0.2, 0.25) is 0 Å². The van der Waals surface area contributed by atoms with Crippen LogP contribution in [0.2, 0.25) is 0 Å². The van der Waals surface area contributed by atoms with E-state index in [9.17, 15) is 4.79 Å². The zero-order valence-corrected chi connectivity index (χ0v) is 20.3. The van der Waals surface area contributed by atoms with Gasteiger partial charge in [-0.3, -0.25) is 14.7 Å². The maximum absolute atomic E-state index is 12.7. The van der Waals surface area contributed by atoms with Crippen molar-refractivity contribution in [2.24, 2.45) is 4.99 Å². The highest BCUT2D eigenvalue weighted by Crippen LogP contribution is 2.20. The van der Waals surface area contributed by atoms with Gasteiger partial charge >= 0.3 is 0 Å². The first-order valence-corrected chi connectivity index (χ1v) is 11.5. The molecule has 3 rings (SSSR count). The number of piperazine rings is 1. The summed E-state index contributed by atoms with van der Waals surface area (Å²) in [4.78, 5) is 21.5. The summed E-state index contributed by atoms with van der Waals surface area (Å²) in [7, 11) is 1.65. The third-order valence-corrected chi connectivity index (χ3v) is 5.94. The van der Waals surface area contributed by atoms with E-state index >= 15 is 0 Å². The van der Waals surface area contributed by atoms with Crippen LogP contribution in [0.15, 0.2) is 54.0 Å². The fraction of sp³-hybridized carbons (Fsp3) is 0.407. The highest BCUT2D eigenvalue weighted by atomic mass is 16.5. The molecular weight excluding hydrogens is 414 g/mol. The number of methoxy groups -OCH3 is 1. The number of benzene rings is 2. The molecule has 0 aromatic heterocycles. The van der Waals surface area contributed by atoms with Crippen molar-refractivity contribution in [1.29, 1.82) is 0 Å². The van der Waals surface area contributed by atoms with E-state index in [2.05, 4.69) is 29.5 Å². The van der Waals surface area contributed by atoms with Gasteiger partial charge in [-0.25, -0.2) is 0 Å². The SMILES string of the molecule is C=C(N=C(C)CN1CCN(C(=O)COc2cc(CC)ccc2C)CC1)c1ccc(OC)cc1. The topological polar surface area (TPSA) is 54.4 Å². The van der Waals surface area contributed by atoms with Crippen molar-refractivity contribution in [3.63, 3.8) is 0 Å².